The smallest absolute Gasteiger partial charge is 0.243 e. The molecule has 128 valence electrons. The topological polar surface area (TPSA) is 63.4 Å². The molecule has 0 aliphatic carbocycles. The van der Waals surface area contributed by atoms with Crippen molar-refractivity contribution >= 4 is 10.0 Å². The highest BCUT2D eigenvalue weighted by Crippen LogP contribution is 2.34. The number of rotatable bonds is 3. The molecule has 2 N–H and O–H groups in total. The number of nitrogens with zero attached hydrogens (tertiary/aromatic N) is 1. The Morgan fingerprint density at radius 2 is 1.67 bits per heavy atom. The number of hydrogen-bond donors (Lipinski definition) is 1. The van der Waals surface area contributed by atoms with E-state index in [4.69, 9.17) is 5.73 Å². The van der Waals surface area contributed by atoms with E-state index in [1.54, 1.807) is 16.4 Å². The van der Waals surface area contributed by atoms with Gasteiger partial charge in [0.15, 0.2) is 0 Å². The molecule has 1 aliphatic rings. The van der Waals surface area contributed by atoms with Gasteiger partial charge in [-0.1, -0.05) is 62.4 Å². The normalized spacial score (nSPS) is 21.5. The summed E-state index contributed by atoms with van der Waals surface area (Å²) in [5.41, 5.74) is 7.58. The monoisotopic (exact) mass is 344 g/mol. The van der Waals surface area contributed by atoms with Gasteiger partial charge >= 0.3 is 0 Å². The van der Waals surface area contributed by atoms with E-state index in [9.17, 15) is 8.42 Å². The maximum absolute atomic E-state index is 13.3. The minimum Gasteiger partial charge on any atom is -0.327 e. The van der Waals surface area contributed by atoms with Gasteiger partial charge in [-0.3, -0.25) is 0 Å². The van der Waals surface area contributed by atoms with Crippen LogP contribution in [0.3, 0.4) is 0 Å². The fraction of sp³-hybridized carbons (Fsp3) is 0.368. The fourth-order valence-corrected chi connectivity index (χ4v) is 5.06. The Balaban J connectivity index is 2.03. The number of nitrogens with two attached hydrogens (primary N) is 1. The molecule has 0 spiro atoms. The molecule has 0 saturated carbocycles. The summed E-state index contributed by atoms with van der Waals surface area (Å²) in [7, 11) is -3.56. The molecule has 2 aromatic carbocycles. The Morgan fingerprint density at radius 3 is 2.33 bits per heavy atom. The first-order valence-electron chi connectivity index (χ1n) is 8.22. The third-order valence-electron chi connectivity index (χ3n) is 4.87. The minimum absolute atomic E-state index is 0.0216. The lowest BCUT2D eigenvalue weighted by Gasteiger charge is -2.41. The van der Waals surface area contributed by atoms with Crippen LogP contribution >= 0.6 is 0 Å². The van der Waals surface area contributed by atoms with Crippen LogP contribution in [0, 0.1) is 5.41 Å². The average molecular weight is 344 g/mol. The summed E-state index contributed by atoms with van der Waals surface area (Å²) in [5.74, 6) is 0. The van der Waals surface area contributed by atoms with Crippen molar-refractivity contribution in [2.24, 2.45) is 11.1 Å². The first-order chi connectivity index (χ1) is 11.3. The molecule has 2 aromatic rings. The maximum atomic E-state index is 13.3. The van der Waals surface area contributed by atoms with Gasteiger partial charge in [-0.15, -0.1) is 0 Å². The lowest BCUT2D eigenvalue weighted by atomic mass is 9.81. The third-order valence-corrected chi connectivity index (χ3v) is 6.77. The molecular weight excluding hydrogens is 320 g/mol. The Labute approximate surface area is 144 Å². The zero-order valence-electron chi connectivity index (χ0n) is 14.1. The first-order valence-corrected chi connectivity index (χ1v) is 9.66. The van der Waals surface area contributed by atoms with E-state index in [1.807, 2.05) is 56.3 Å². The van der Waals surface area contributed by atoms with Gasteiger partial charge < -0.3 is 5.73 Å². The van der Waals surface area contributed by atoms with Gasteiger partial charge in [-0.2, -0.15) is 4.31 Å². The summed E-state index contributed by atoms with van der Waals surface area (Å²) >= 11 is 0. The number of benzene rings is 2. The lowest BCUT2D eigenvalue weighted by Crippen LogP contribution is -2.53. The van der Waals surface area contributed by atoms with E-state index < -0.39 is 10.0 Å². The average Bonchev–Trinajstić information content (AvgIpc) is 2.58. The largest absolute Gasteiger partial charge is 0.327 e. The van der Waals surface area contributed by atoms with E-state index in [-0.39, 0.29) is 11.5 Å². The van der Waals surface area contributed by atoms with E-state index in [0.29, 0.717) is 24.4 Å². The minimum atomic E-state index is -3.56. The molecule has 24 heavy (non-hydrogen) atoms. The molecule has 1 saturated heterocycles. The predicted octanol–water partition coefficient (Wildman–Crippen LogP) is 3.10. The van der Waals surface area contributed by atoms with Crippen LogP contribution in [0.5, 0.6) is 0 Å². The van der Waals surface area contributed by atoms with Crippen molar-refractivity contribution in [2.45, 2.75) is 31.2 Å². The van der Waals surface area contributed by atoms with Crippen molar-refractivity contribution in [3.8, 4) is 11.1 Å². The predicted molar refractivity (Wildman–Crippen MR) is 97.0 cm³/mol. The second-order valence-corrected chi connectivity index (χ2v) is 8.99. The van der Waals surface area contributed by atoms with Gasteiger partial charge in [0.2, 0.25) is 10.0 Å². The van der Waals surface area contributed by atoms with Crippen LogP contribution in [-0.4, -0.2) is 31.9 Å². The molecule has 1 atom stereocenters. The molecule has 0 aromatic heterocycles. The van der Waals surface area contributed by atoms with Crippen molar-refractivity contribution in [1.82, 2.24) is 4.31 Å². The second kappa shape index (κ2) is 6.31. The molecule has 0 bridgehead atoms. The standard InChI is InChI=1S/C19H24N2O2S/c1-19(2)14-21(13-12-18(19)20)24(22,23)17-11-7-6-10-16(17)15-8-4-3-5-9-15/h3-11,18H,12-14,20H2,1-2H3. The molecule has 1 fully saturated rings. The van der Waals surface area contributed by atoms with Crippen molar-refractivity contribution in [3.63, 3.8) is 0 Å². The van der Waals surface area contributed by atoms with Gasteiger partial charge in [-0.05, 0) is 23.5 Å². The van der Waals surface area contributed by atoms with Crippen molar-refractivity contribution in [2.75, 3.05) is 13.1 Å². The number of piperidine rings is 1. The van der Waals surface area contributed by atoms with Gasteiger partial charge in [-0.25, -0.2) is 8.42 Å². The van der Waals surface area contributed by atoms with Crippen LogP contribution < -0.4 is 5.73 Å². The zero-order chi connectivity index (χ0) is 17.4. The summed E-state index contributed by atoms with van der Waals surface area (Å²) in [6.45, 7) is 4.97. The second-order valence-electron chi connectivity index (χ2n) is 7.08. The molecule has 0 amide bonds. The summed E-state index contributed by atoms with van der Waals surface area (Å²) < 4.78 is 28.1. The molecule has 5 heteroatoms. The van der Waals surface area contributed by atoms with Crippen LogP contribution in [0.2, 0.25) is 0 Å². The summed E-state index contributed by atoms with van der Waals surface area (Å²) in [5, 5.41) is 0. The van der Waals surface area contributed by atoms with E-state index in [2.05, 4.69) is 0 Å². The number of hydrogen-bond acceptors (Lipinski definition) is 3. The maximum Gasteiger partial charge on any atom is 0.243 e. The summed E-state index contributed by atoms with van der Waals surface area (Å²) in [6.07, 6.45) is 0.680. The molecule has 0 radical (unpaired) electrons. The van der Waals surface area contributed by atoms with E-state index in [0.717, 1.165) is 11.1 Å². The van der Waals surface area contributed by atoms with E-state index >= 15 is 0 Å². The molecule has 4 nitrogen and oxygen atoms in total. The fourth-order valence-electron chi connectivity index (χ4n) is 3.22. The first kappa shape index (κ1) is 17.1. The van der Waals surface area contributed by atoms with Crippen LogP contribution in [0.4, 0.5) is 0 Å². The van der Waals surface area contributed by atoms with Gasteiger partial charge in [0.1, 0.15) is 0 Å². The Morgan fingerprint density at radius 1 is 1.04 bits per heavy atom. The van der Waals surface area contributed by atoms with Crippen molar-refractivity contribution < 1.29 is 8.42 Å². The molecule has 1 unspecified atom stereocenters. The van der Waals surface area contributed by atoms with Crippen LogP contribution in [0.15, 0.2) is 59.5 Å². The summed E-state index contributed by atoms with van der Waals surface area (Å²) in [6, 6.07) is 16.9. The lowest BCUT2D eigenvalue weighted by molar-refractivity contribution is 0.155. The number of sulfonamides is 1. The quantitative estimate of drug-likeness (QED) is 0.930. The van der Waals surface area contributed by atoms with Crippen LogP contribution in [-0.2, 0) is 10.0 Å². The van der Waals surface area contributed by atoms with Gasteiger partial charge in [0.05, 0.1) is 4.90 Å². The van der Waals surface area contributed by atoms with Gasteiger partial charge in [0.25, 0.3) is 0 Å². The highest BCUT2D eigenvalue weighted by molar-refractivity contribution is 7.89. The van der Waals surface area contributed by atoms with E-state index in [1.165, 1.54) is 0 Å². The van der Waals surface area contributed by atoms with Crippen molar-refractivity contribution in [3.05, 3.63) is 54.6 Å². The highest BCUT2D eigenvalue weighted by Gasteiger charge is 2.39. The van der Waals surface area contributed by atoms with Gasteiger partial charge in [0, 0.05) is 24.7 Å². The molecule has 1 heterocycles. The molecule has 1 aliphatic heterocycles. The summed E-state index contributed by atoms with van der Waals surface area (Å²) in [4.78, 5) is 0.363. The highest BCUT2D eigenvalue weighted by atomic mass is 32.2. The SMILES string of the molecule is CC1(C)CN(S(=O)(=O)c2ccccc2-c2ccccc2)CCC1N. The van der Waals surface area contributed by atoms with Crippen LogP contribution in [0.25, 0.3) is 11.1 Å². The zero-order valence-corrected chi connectivity index (χ0v) is 15.0. The Bertz CT molecular complexity index is 816. The Kier molecular flexibility index (Phi) is 4.51. The molecular formula is C19H24N2O2S. The van der Waals surface area contributed by atoms with Crippen LogP contribution in [0.1, 0.15) is 20.3 Å². The third kappa shape index (κ3) is 3.11. The Hall–Kier alpha value is -1.69. The van der Waals surface area contributed by atoms with Crippen molar-refractivity contribution in [1.29, 1.82) is 0 Å². The molecule has 3 rings (SSSR count).